The van der Waals surface area contributed by atoms with Crippen molar-refractivity contribution in [2.45, 2.75) is 39.9 Å². The fourth-order valence-electron chi connectivity index (χ4n) is 0.630. The van der Waals surface area contributed by atoms with Crippen molar-refractivity contribution in [1.82, 2.24) is 0 Å². The number of hydrogen-bond donors (Lipinski definition) is 2. The molecule has 2 amide bonds. The summed E-state index contributed by atoms with van der Waals surface area (Å²) < 4.78 is 5.25. The lowest BCUT2D eigenvalue weighted by molar-refractivity contribution is 0.0300. The third-order valence-corrected chi connectivity index (χ3v) is 0.765. The van der Waals surface area contributed by atoms with Crippen molar-refractivity contribution in [2.24, 2.45) is 10.2 Å². The first kappa shape index (κ1) is 15.9. The Hall–Kier alpha value is -1.50. The monoisotopic (exact) mass is 220 g/mol. The molecule has 0 radical (unpaired) electrons. The van der Waals surface area contributed by atoms with Gasteiger partial charge >= 0.3 is 12.2 Å². The van der Waals surface area contributed by atoms with Crippen LogP contribution in [0, 0.1) is 0 Å². The average molecular weight is 220 g/mol. The van der Waals surface area contributed by atoms with E-state index in [1.807, 2.05) is 27.7 Å². The van der Waals surface area contributed by atoms with Gasteiger partial charge in [0.05, 0.1) is 12.2 Å². The second-order valence-electron chi connectivity index (χ2n) is 3.00. The summed E-state index contributed by atoms with van der Waals surface area (Å²) in [7, 11) is 0. The van der Waals surface area contributed by atoms with E-state index in [0.717, 1.165) is 0 Å². The maximum absolute atomic E-state index is 9.38. The second-order valence-corrected chi connectivity index (χ2v) is 3.00. The predicted molar refractivity (Wildman–Crippen MR) is 52.3 cm³/mol. The molecule has 0 aliphatic rings. The van der Waals surface area contributed by atoms with Gasteiger partial charge < -0.3 is 14.9 Å². The number of carboxylic acid groups (broad SMARTS) is 2. The summed E-state index contributed by atoms with van der Waals surface area (Å²) in [6.07, 6.45) is -2.49. The molecule has 0 saturated carbocycles. The van der Waals surface area contributed by atoms with Gasteiger partial charge in [-0.25, -0.2) is 9.59 Å². The molecule has 0 unspecified atom stereocenters. The molecular formula is C8H16N2O5. The smallest absolute Gasteiger partial charge is 0.450 e. The van der Waals surface area contributed by atoms with Gasteiger partial charge in [0, 0.05) is 0 Å². The molecule has 88 valence electrons. The molecule has 7 nitrogen and oxygen atoms in total. The fourth-order valence-corrected chi connectivity index (χ4v) is 0.630. The minimum Gasteiger partial charge on any atom is -0.462 e. The molecule has 15 heavy (non-hydrogen) atoms. The molecule has 0 heterocycles. The molecule has 7 heteroatoms. The number of amides is 2. The van der Waals surface area contributed by atoms with Gasteiger partial charge in [-0.05, 0) is 27.7 Å². The molecule has 0 atom stereocenters. The van der Waals surface area contributed by atoms with E-state index in [9.17, 15) is 9.59 Å². The summed E-state index contributed by atoms with van der Waals surface area (Å²) in [6.45, 7) is 8.17. The Kier molecular flexibility index (Phi) is 9.65. The van der Waals surface area contributed by atoms with Gasteiger partial charge in [-0.1, -0.05) is 10.2 Å². The Morgan fingerprint density at radius 3 is 1.27 bits per heavy atom. The van der Waals surface area contributed by atoms with E-state index in [1.54, 1.807) is 0 Å². The van der Waals surface area contributed by atoms with Crippen LogP contribution in [0.3, 0.4) is 0 Å². The Labute approximate surface area is 87.8 Å². The molecule has 0 aliphatic heterocycles. The van der Waals surface area contributed by atoms with Crippen LogP contribution in [0.5, 0.6) is 0 Å². The lowest BCUT2D eigenvalue weighted by Crippen LogP contribution is -2.09. The zero-order valence-corrected chi connectivity index (χ0v) is 9.17. The summed E-state index contributed by atoms with van der Waals surface area (Å²) in [5, 5.41) is 19.8. The van der Waals surface area contributed by atoms with Crippen molar-refractivity contribution >= 4 is 12.2 Å². The SMILES string of the molecule is CC(C)OC(C)C.O=C(O)N=NC(=O)O. The van der Waals surface area contributed by atoms with Crippen LogP contribution in [0.2, 0.25) is 0 Å². The Bertz CT molecular complexity index is 203. The van der Waals surface area contributed by atoms with Gasteiger partial charge in [0.25, 0.3) is 0 Å². The van der Waals surface area contributed by atoms with E-state index in [1.165, 1.54) is 0 Å². The van der Waals surface area contributed by atoms with Crippen LogP contribution in [0.15, 0.2) is 10.2 Å². The number of rotatable bonds is 2. The van der Waals surface area contributed by atoms with Crippen LogP contribution in [0.25, 0.3) is 0 Å². The molecular weight excluding hydrogens is 204 g/mol. The quantitative estimate of drug-likeness (QED) is 0.695. The van der Waals surface area contributed by atoms with E-state index in [-0.39, 0.29) is 0 Å². The molecule has 0 saturated heterocycles. The fraction of sp³-hybridized carbons (Fsp3) is 0.750. The molecule has 2 N–H and O–H groups in total. The first-order chi connectivity index (χ1) is 6.75. The zero-order chi connectivity index (χ0) is 12.4. The molecule has 0 aromatic rings. The Morgan fingerprint density at radius 2 is 1.20 bits per heavy atom. The van der Waals surface area contributed by atoms with Gasteiger partial charge in [-0.15, -0.1) is 0 Å². The van der Waals surface area contributed by atoms with E-state index in [2.05, 4.69) is 10.2 Å². The molecule has 0 aromatic carbocycles. The first-order valence-electron chi connectivity index (χ1n) is 4.28. The lowest BCUT2D eigenvalue weighted by Gasteiger charge is -2.09. The summed E-state index contributed by atoms with van der Waals surface area (Å²) in [6, 6.07) is 0. The first-order valence-corrected chi connectivity index (χ1v) is 4.28. The standard InChI is InChI=1S/C6H14O.C2H2N2O4/c1-5(2)7-6(3)4;5-1(6)3-4-2(7)8/h5-6H,1-4H3;(H,5,6)(H,7,8). The van der Waals surface area contributed by atoms with Crippen LogP contribution >= 0.6 is 0 Å². The molecule has 0 aliphatic carbocycles. The van der Waals surface area contributed by atoms with E-state index < -0.39 is 12.2 Å². The highest BCUT2D eigenvalue weighted by Crippen LogP contribution is 1.93. The maximum Gasteiger partial charge on any atom is 0.450 e. The van der Waals surface area contributed by atoms with Crippen LogP contribution in [-0.2, 0) is 4.74 Å². The van der Waals surface area contributed by atoms with Gasteiger partial charge in [0.1, 0.15) is 0 Å². The predicted octanol–water partition coefficient (Wildman–Crippen LogP) is 2.61. The number of azo groups is 1. The van der Waals surface area contributed by atoms with Crippen molar-refractivity contribution in [3.05, 3.63) is 0 Å². The largest absolute Gasteiger partial charge is 0.462 e. The molecule has 0 rings (SSSR count). The van der Waals surface area contributed by atoms with Gasteiger partial charge in [0.15, 0.2) is 0 Å². The van der Waals surface area contributed by atoms with Crippen LogP contribution in [0.1, 0.15) is 27.7 Å². The average Bonchev–Trinajstić information content (AvgIpc) is 1.99. The second kappa shape index (κ2) is 9.07. The summed E-state index contributed by atoms with van der Waals surface area (Å²) in [5.41, 5.74) is 0. The third-order valence-electron chi connectivity index (χ3n) is 0.765. The number of carbonyl (C=O) groups is 2. The zero-order valence-electron chi connectivity index (χ0n) is 9.17. The molecule has 0 bridgehead atoms. The van der Waals surface area contributed by atoms with E-state index in [0.29, 0.717) is 12.2 Å². The topological polar surface area (TPSA) is 109 Å². The maximum atomic E-state index is 9.38. The van der Waals surface area contributed by atoms with Gasteiger partial charge in [0.2, 0.25) is 0 Å². The summed E-state index contributed by atoms with van der Waals surface area (Å²) in [5.74, 6) is 0. The molecule has 0 aromatic heterocycles. The normalized spacial score (nSPS) is 10.3. The number of ether oxygens (including phenoxy) is 1. The Morgan fingerprint density at radius 1 is 0.933 bits per heavy atom. The molecule has 0 fully saturated rings. The van der Waals surface area contributed by atoms with Gasteiger partial charge in [-0.3, -0.25) is 0 Å². The van der Waals surface area contributed by atoms with Gasteiger partial charge in [-0.2, -0.15) is 0 Å². The third kappa shape index (κ3) is 24.5. The van der Waals surface area contributed by atoms with Crippen LogP contribution < -0.4 is 0 Å². The van der Waals surface area contributed by atoms with Crippen molar-refractivity contribution in [3.8, 4) is 0 Å². The highest BCUT2D eigenvalue weighted by atomic mass is 16.5. The van der Waals surface area contributed by atoms with E-state index >= 15 is 0 Å². The summed E-state index contributed by atoms with van der Waals surface area (Å²) in [4.78, 5) is 18.8. The van der Waals surface area contributed by atoms with Crippen LogP contribution in [0.4, 0.5) is 9.59 Å². The van der Waals surface area contributed by atoms with Crippen molar-refractivity contribution in [2.75, 3.05) is 0 Å². The van der Waals surface area contributed by atoms with Crippen molar-refractivity contribution in [3.63, 3.8) is 0 Å². The Balaban J connectivity index is 0. The van der Waals surface area contributed by atoms with Crippen molar-refractivity contribution < 1.29 is 24.5 Å². The van der Waals surface area contributed by atoms with Crippen molar-refractivity contribution in [1.29, 1.82) is 0 Å². The van der Waals surface area contributed by atoms with E-state index in [4.69, 9.17) is 14.9 Å². The lowest BCUT2D eigenvalue weighted by atomic mass is 10.4. The number of nitrogens with zero attached hydrogens (tertiary/aromatic N) is 2. The molecule has 0 spiro atoms. The highest BCUT2D eigenvalue weighted by Gasteiger charge is 1.94. The number of hydrogen-bond acceptors (Lipinski definition) is 3. The minimum absolute atomic E-state index is 0.375. The van der Waals surface area contributed by atoms with Crippen LogP contribution in [-0.4, -0.2) is 34.6 Å². The summed E-state index contributed by atoms with van der Waals surface area (Å²) >= 11 is 0. The highest BCUT2D eigenvalue weighted by molar-refractivity contribution is 5.70. The minimum atomic E-state index is -1.62.